The molecular formula is C25H24BrN3O2S. The van der Waals surface area contributed by atoms with Crippen LogP contribution in [0.2, 0.25) is 0 Å². The summed E-state index contributed by atoms with van der Waals surface area (Å²) in [7, 11) is 0. The molecule has 2 amide bonds. The minimum Gasteiger partial charge on any atom is -0.363 e. The van der Waals surface area contributed by atoms with Gasteiger partial charge >= 0.3 is 0 Å². The fraction of sp³-hybridized carbons (Fsp3) is 0.240. The number of hydrogen-bond acceptors (Lipinski definition) is 4. The van der Waals surface area contributed by atoms with Crippen LogP contribution < -0.4 is 15.1 Å². The number of carbonyl (C=O) groups excluding carboxylic acids is 2. The number of amides is 2. The number of allylic oxidation sites excluding steroid dienone is 1. The number of rotatable bonds is 3. The molecule has 0 unspecified atom stereocenters. The monoisotopic (exact) mass is 509 g/mol. The third kappa shape index (κ3) is 3.91. The summed E-state index contributed by atoms with van der Waals surface area (Å²) in [6.07, 6.45) is 3.88. The SMILES string of the molecule is CCN1c2ccc(/C=C3/C(=O)NC(=S)N(c4cccc(Br)c4)C3=O)cc2C(C)=CC1(C)C. The average molecular weight is 510 g/mol. The predicted molar refractivity (Wildman–Crippen MR) is 138 cm³/mol. The van der Waals surface area contributed by atoms with Crippen molar-refractivity contribution in [2.24, 2.45) is 0 Å². The first kappa shape index (κ1) is 22.4. The Morgan fingerprint density at radius 3 is 2.59 bits per heavy atom. The maximum Gasteiger partial charge on any atom is 0.270 e. The summed E-state index contributed by atoms with van der Waals surface area (Å²) in [6, 6.07) is 13.3. The smallest absolute Gasteiger partial charge is 0.270 e. The first-order valence-corrected chi connectivity index (χ1v) is 11.6. The van der Waals surface area contributed by atoms with Gasteiger partial charge in [-0.05, 0) is 87.5 Å². The minimum absolute atomic E-state index is 0.0450. The molecule has 0 saturated carbocycles. The molecule has 0 radical (unpaired) electrons. The summed E-state index contributed by atoms with van der Waals surface area (Å²) in [4.78, 5) is 29.6. The summed E-state index contributed by atoms with van der Waals surface area (Å²) >= 11 is 8.70. The zero-order valence-electron chi connectivity index (χ0n) is 18.4. The van der Waals surface area contributed by atoms with E-state index in [2.05, 4.69) is 66.0 Å². The second-order valence-corrected chi connectivity index (χ2v) is 9.74. The Kier molecular flexibility index (Phi) is 5.81. The van der Waals surface area contributed by atoms with Crippen LogP contribution in [0.3, 0.4) is 0 Å². The van der Waals surface area contributed by atoms with Crippen molar-refractivity contribution in [3.8, 4) is 0 Å². The van der Waals surface area contributed by atoms with E-state index < -0.39 is 11.8 Å². The number of fused-ring (bicyclic) bond motifs is 1. The molecule has 0 aromatic heterocycles. The van der Waals surface area contributed by atoms with Gasteiger partial charge in [0.05, 0.1) is 11.2 Å². The van der Waals surface area contributed by atoms with Crippen LogP contribution >= 0.6 is 28.1 Å². The van der Waals surface area contributed by atoms with Gasteiger partial charge in [0.2, 0.25) is 0 Å². The topological polar surface area (TPSA) is 52.7 Å². The summed E-state index contributed by atoms with van der Waals surface area (Å²) in [6.45, 7) is 9.51. The van der Waals surface area contributed by atoms with Crippen LogP contribution in [-0.2, 0) is 9.59 Å². The quantitative estimate of drug-likeness (QED) is 0.346. The van der Waals surface area contributed by atoms with Gasteiger partial charge in [0, 0.05) is 22.3 Å². The highest BCUT2D eigenvalue weighted by Gasteiger charge is 2.35. The third-order valence-corrected chi connectivity index (χ3v) is 6.57. The first-order valence-electron chi connectivity index (χ1n) is 10.4. The number of thiocarbonyl (C=S) groups is 1. The number of halogens is 1. The zero-order valence-corrected chi connectivity index (χ0v) is 20.8. The van der Waals surface area contributed by atoms with Crippen molar-refractivity contribution in [3.05, 3.63) is 69.7 Å². The van der Waals surface area contributed by atoms with Crippen LogP contribution in [0.1, 0.15) is 38.8 Å². The molecule has 1 fully saturated rings. The molecule has 0 atom stereocenters. The summed E-state index contributed by atoms with van der Waals surface area (Å²) in [5.41, 5.74) is 4.76. The first-order chi connectivity index (χ1) is 15.1. The number of nitrogens with one attached hydrogen (secondary N) is 1. The molecule has 7 heteroatoms. The van der Waals surface area contributed by atoms with Crippen LogP contribution in [0.15, 0.2) is 58.6 Å². The fourth-order valence-corrected chi connectivity index (χ4v) is 5.11. The Hall–Kier alpha value is -2.77. The van der Waals surface area contributed by atoms with Gasteiger partial charge in [-0.3, -0.25) is 19.8 Å². The van der Waals surface area contributed by atoms with Crippen molar-refractivity contribution in [1.82, 2.24) is 5.32 Å². The van der Waals surface area contributed by atoms with E-state index in [-0.39, 0.29) is 16.2 Å². The molecule has 164 valence electrons. The Morgan fingerprint density at radius 1 is 1.16 bits per heavy atom. The lowest BCUT2D eigenvalue weighted by molar-refractivity contribution is -0.122. The summed E-state index contributed by atoms with van der Waals surface area (Å²) in [5.74, 6) is -0.939. The highest BCUT2D eigenvalue weighted by Crippen LogP contribution is 2.39. The van der Waals surface area contributed by atoms with Crippen molar-refractivity contribution >= 4 is 68.1 Å². The number of nitrogens with zero attached hydrogens (tertiary/aromatic N) is 2. The van der Waals surface area contributed by atoms with E-state index in [1.807, 2.05) is 24.3 Å². The van der Waals surface area contributed by atoms with E-state index in [1.54, 1.807) is 18.2 Å². The number of likely N-dealkylation sites (N-methyl/N-ethyl adjacent to an activating group) is 1. The van der Waals surface area contributed by atoms with Crippen molar-refractivity contribution in [1.29, 1.82) is 0 Å². The summed E-state index contributed by atoms with van der Waals surface area (Å²) < 4.78 is 0.813. The molecule has 0 bridgehead atoms. The molecule has 32 heavy (non-hydrogen) atoms. The molecule has 1 saturated heterocycles. The standard InChI is InChI=1S/C25H24BrN3O2S/c1-5-28-21-10-9-16(11-19(21)15(2)14-25(28,3)4)12-20-22(30)27-24(32)29(23(20)31)18-8-6-7-17(26)13-18/h6-14H,5H2,1-4H3,(H,27,30,32)/b20-12-. The van der Waals surface area contributed by atoms with Crippen LogP contribution in [0.25, 0.3) is 11.6 Å². The Labute approximate surface area is 201 Å². The van der Waals surface area contributed by atoms with Gasteiger partial charge in [-0.1, -0.05) is 34.1 Å². The number of anilines is 2. The fourth-order valence-electron chi connectivity index (χ4n) is 4.44. The largest absolute Gasteiger partial charge is 0.363 e. The van der Waals surface area contributed by atoms with E-state index in [0.29, 0.717) is 5.69 Å². The molecule has 5 nitrogen and oxygen atoms in total. The molecular weight excluding hydrogens is 486 g/mol. The van der Waals surface area contributed by atoms with Crippen molar-refractivity contribution < 1.29 is 9.59 Å². The Balaban J connectivity index is 1.75. The maximum atomic E-state index is 13.3. The maximum absolute atomic E-state index is 13.3. The molecule has 2 aromatic rings. The lowest BCUT2D eigenvalue weighted by Crippen LogP contribution is -2.54. The van der Waals surface area contributed by atoms with Crippen molar-refractivity contribution in [2.45, 2.75) is 33.2 Å². The predicted octanol–water partition coefficient (Wildman–Crippen LogP) is 5.30. The van der Waals surface area contributed by atoms with E-state index >= 15 is 0 Å². The lowest BCUT2D eigenvalue weighted by atomic mass is 9.88. The zero-order chi connectivity index (χ0) is 23.2. The van der Waals surface area contributed by atoms with Gasteiger partial charge in [0.1, 0.15) is 5.57 Å². The van der Waals surface area contributed by atoms with Crippen LogP contribution in [0, 0.1) is 0 Å². The van der Waals surface area contributed by atoms with Gasteiger partial charge < -0.3 is 4.90 Å². The van der Waals surface area contributed by atoms with Crippen molar-refractivity contribution in [2.75, 3.05) is 16.3 Å². The number of benzene rings is 2. The second kappa shape index (κ2) is 8.30. The van der Waals surface area contributed by atoms with Crippen molar-refractivity contribution in [3.63, 3.8) is 0 Å². The second-order valence-electron chi connectivity index (χ2n) is 8.44. The molecule has 2 aliphatic rings. The molecule has 2 aromatic carbocycles. The van der Waals surface area contributed by atoms with Crippen LogP contribution in [0.5, 0.6) is 0 Å². The van der Waals surface area contributed by atoms with Gasteiger partial charge in [0.25, 0.3) is 11.8 Å². The Bertz CT molecular complexity index is 1220. The minimum atomic E-state index is -0.493. The molecule has 4 rings (SSSR count). The molecule has 0 aliphatic carbocycles. The van der Waals surface area contributed by atoms with Gasteiger partial charge in [-0.2, -0.15) is 0 Å². The Morgan fingerprint density at radius 2 is 1.91 bits per heavy atom. The third-order valence-electron chi connectivity index (χ3n) is 5.80. The van der Waals surface area contributed by atoms with E-state index in [0.717, 1.165) is 27.8 Å². The van der Waals surface area contributed by atoms with Crippen LogP contribution in [-0.4, -0.2) is 29.0 Å². The molecule has 1 N–H and O–H groups in total. The van der Waals surface area contributed by atoms with E-state index in [9.17, 15) is 9.59 Å². The lowest BCUT2D eigenvalue weighted by Gasteiger charge is -2.42. The highest BCUT2D eigenvalue weighted by atomic mass is 79.9. The molecule has 0 spiro atoms. The van der Waals surface area contributed by atoms with E-state index in [1.165, 1.54) is 10.5 Å². The van der Waals surface area contributed by atoms with Gasteiger partial charge in [0.15, 0.2) is 5.11 Å². The van der Waals surface area contributed by atoms with Gasteiger partial charge in [-0.25, -0.2) is 0 Å². The highest BCUT2D eigenvalue weighted by molar-refractivity contribution is 9.10. The molecule has 2 heterocycles. The number of carbonyl (C=O) groups is 2. The summed E-state index contributed by atoms with van der Waals surface area (Å²) in [5, 5.41) is 2.71. The molecule has 2 aliphatic heterocycles. The van der Waals surface area contributed by atoms with Gasteiger partial charge in [-0.15, -0.1) is 0 Å². The normalized spacial score (nSPS) is 19.1. The van der Waals surface area contributed by atoms with E-state index in [4.69, 9.17) is 12.2 Å². The average Bonchev–Trinajstić information content (AvgIpc) is 2.71. The van der Waals surface area contributed by atoms with Crippen LogP contribution in [0.4, 0.5) is 11.4 Å². The number of hydrogen-bond donors (Lipinski definition) is 1.